The summed E-state index contributed by atoms with van der Waals surface area (Å²) in [6, 6.07) is 11.3. The van der Waals surface area contributed by atoms with Crippen LogP contribution >= 0.6 is 0 Å². The van der Waals surface area contributed by atoms with E-state index in [0.29, 0.717) is 12.2 Å². The van der Waals surface area contributed by atoms with Crippen molar-refractivity contribution in [3.63, 3.8) is 0 Å². The number of carbonyl (C=O) groups excluding carboxylic acids is 2. The molecule has 170 valence electrons. The minimum atomic E-state index is -1.05. The Labute approximate surface area is 187 Å². The van der Waals surface area contributed by atoms with Gasteiger partial charge in [0.1, 0.15) is 11.6 Å². The van der Waals surface area contributed by atoms with Gasteiger partial charge in [0.15, 0.2) is 0 Å². The highest BCUT2D eigenvalue weighted by atomic mass is 19.1. The van der Waals surface area contributed by atoms with Gasteiger partial charge < -0.3 is 19.6 Å². The number of methoxy groups -OCH3 is 1. The van der Waals surface area contributed by atoms with Crippen LogP contribution < -0.4 is 14.7 Å². The van der Waals surface area contributed by atoms with Crippen LogP contribution in [0.3, 0.4) is 0 Å². The number of ketones is 1. The molecule has 1 N–H and O–H groups in total. The minimum Gasteiger partial charge on any atom is -0.872 e. The zero-order valence-corrected chi connectivity index (χ0v) is 18.7. The zero-order chi connectivity index (χ0) is 23.3. The number of halogens is 1. The van der Waals surface area contributed by atoms with Gasteiger partial charge in [-0.1, -0.05) is 36.1 Å². The van der Waals surface area contributed by atoms with Crippen LogP contribution in [0.4, 0.5) is 4.39 Å². The second-order valence-electron chi connectivity index (χ2n) is 7.79. The van der Waals surface area contributed by atoms with Crippen molar-refractivity contribution in [2.24, 2.45) is 0 Å². The number of hydrogen-bond acceptors (Lipinski definition) is 4. The number of hydrogen-bond donors (Lipinski definition) is 1. The molecule has 1 unspecified atom stereocenters. The van der Waals surface area contributed by atoms with E-state index >= 15 is 0 Å². The molecule has 6 nitrogen and oxygen atoms in total. The Balaban J connectivity index is 2.06. The van der Waals surface area contributed by atoms with Crippen LogP contribution in [-0.2, 0) is 9.59 Å². The second-order valence-corrected chi connectivity index (χ2v) is 7.79. The Bertz CT molecular complexity index is 1020. The number of benzene rings is 2. The fraction of sp³-hybridized carbons (Fsp3) is 0.360. The Kier molecular flexibility index (Phi) is 7.64. The fourth-order valence-corrected chi connectivity index (χ4v) is 4.14. The van der Waals surface area contributed by atoms with Gasteiger partial charge in [-0.2, -0.15) is 0 Å². The molecule has 1 atom stereocenters. The monoisotopic (exact) mass is 440 g/mol. The van der Waals surface area contributed by atoms with Gasteiger partial charge in [0.05, 0.1) is 32.8 Å². The zero-order valence-electron chi connectivity index (χ0n) is 18.7. The van der Waals surface area contributed by atoms with Crippen molar-refractivity contribution in [1.82, 2.24) is 4.90 Å². The third-order valence-electron chi connectivity index (χ3n) is 5.99. The van der Waals surface area contributed by atoms with Gasteiger partial charge in [-0.15, -0.1) is 0 Å². The van der Waals surface area contributed by atoms with Gasteiger partial charge in [0, 0.05) is 24.1 Å². The SMILES string of the molecule is CC[NH+](CC)CCCN1C(=O)C(=O)C(=C([O-])c2cccc(OC)c2)C1c1ccccc1F. The number of likely N-dealkylation sites (tertiary alicyclic amines) is 1. The van der Waals surface area contributed by atoms with Crippen molar-refractivity contribution >= 4 is 17.4 Å². The minimum absolute atomic E-state index is 0.146. The molecule has 1 aliphatic rings. The number of carbonyl (C=O) groups is 2. The molecule has 0 radical (unpaired) electrons. The van der Waals surface area contributed by atoms with Crippen molar-refractivity contribution in [1.29, 1.82) is 0 Å². The third-order valence-corrected chi connectivity index (χ3v) is 5.99. The van der Waals surface area contributed by atoms with Crippen molar-refractivity contribution in [2.75, 3.05) is 33.3 Å². The van der Waals surface area contributed by atoms with Gasteiger partial charge in [-0.25, -0.2) is 4.39 Å². The van der Waals surface area contributed by atoms with Crippen molar-refractivity contribution in [3.8, 4) is 5.75 Å². The molecule has 1 fully saturated rings. The first-order chi connectivity index (χ1) is 15.4. The summed E-state index contributed by atoms with van der Waals surface area (Å²) in [5, 5.41) is 13.4. The summed E-state index contributed by atoms with van der Waals surface area (Å²) in [7, 11) is 1.47. The number of quaternary nitrogens is 1. The van der Waals surface area contributed by atoms with E-state index in [0.717, 1.165) is 19.6 Å². The van der Waals surface area contributed by atoms with E-state index < -0.39 is 29.3 Å². The number of Topliss-reactive ketones (excluding diaryl/α,β-unsaturated/α-hetero) is 1. The van der Waals surface area contributed by atoms with Crippen LogP contribution in [-0.4, -0.2) is 49.9 Å². The first-order valence-corrected chi connectivity index (χ1v) is 10.9. The highest BCUT2D eigenvalue weighted by Crippen LogP contribution is 2.39. The summed E-state index contributed by atoms with van der Waals surface area (Å²) in [6.45, 7) is 7.15. The van der Waals surface area contributed by atoms with E-state index in [9.17, 15) is 19.1 Å². The van der Waals surface area contributed by atoms with E-state index in [1.54, 1.807) is 24.3 Å². The standard InChI is InChI=1S/C25H29FN2O4/c1-4-27(5-2)14-9-15-28-22(19-12-6-7-13-20(19)26)21(24(30)25(28)31)23(29)17-10-8-11-18(16-17)32-3/h6-8,10-13,16,22,29H,4-5,9,14-15H2,1-3H3. The number of nitrogens with one attached hydrogen (secondary N) is 1. The molecule has 0 saturated carbocycles. The first-order valence-electron chi connectivity index (χ1n) is 10.9. The second kappa shape index (κ2) is 10.4. The van der Waals surface area contributed by atoms with E-state index in [-0.39, 0.29) is 23.2 Å². The molecule has 1 amide bonds. The van der Waals surface area contributed by atoms with E-state index in [1.165, 1.54) is 41.2 Å². The molecule has 3 rings (SSSR count). The summed E-state index contributed by atoms with van der Waals surface area (Å²) in [5.74, 6) is -2.34. The normalized spacial score (nSPS) is 17.9. The van der Waals surface area contributed by atoms with Crippen molar-refractivity contribution in [3.05, 3.63) is 71.0 Å². The Morgan fingerprint density at radius 3 is 2.50 bits per heavy atom. The number of amides is 1. The molecule has 2 aromatic rings. The van der Waals surface area contributed by atoms with Crippen LogP contribution in [0, 0.1) is 5.82 Å². The van der Waals surface area contributed by atoms with Gasteiger partial charge in [-0.05, 0) is 37.6 Å². The lowest BCUT2D eigenvalue weighted by Crippen LogP contribution is -3.11. The topological polar surface area (TPSA) is 74.1 Å². The summed E-state index contributed by atoms with van der Waals surface area (Å²) in [4.78, 5) is 28.6. The number of rotatable bonds is 9. The molecule has 0 aromatic heterocycles. The van der Waals surface area contributed by atoms with Gasteiger partial charge in [0.2, 0.25) is 5.78 Å². The molecule has 0 spiro atoms. The first kappa shape index (κ1) is 23.5. The lowest BCUT2D eigenvalue weighted by molar-refractivity contribution is -0.896. The molecular weight excluding hydrogens is 411 g/mol. The Morgan fingerprint density at radius 1 is 1.12 bits per heavy atom. The fourth-order valence-electron chi connectivity index (χ4n) is 4.14. The largest absolute Gasteiger partial charge is 0.872 e. The van der Waals surface area contributed by atoms with Gasteiger partial charge >= 0.3 is 0 Å². The van der Waals surface area contributed by atoms with Crippen molar-refractivity contribution < 1.29 is 28.7 Å². The third kappa shape index (κ3) is 4.67. The van der Waals surface area contributed by atoms with Crippen LogP contribution in [0.15, 0.2) is 54.1 Å². The van der Waals surface area contributed by atoms with Gasteiger partial charge in [-0.3, -0.25) is 9.59 Å². The average molecular weight is 441 g/mol. The summed E-state index contributed by atoms with van der Waals surface area (Å²) < 4.78 is 20.0. The molecule has 0 bridgehead atoms. The van der Waals surface area contributed by atoms with Crippen LogP contribution in [0.25, 0.3) is 5.76 Å². The summed E-state index contributed by atoms with van der Waals surface area (Å²) in [5.41, 5.74) is 0.146. The Hall–Kier alpha value is -3.19. The van der Waals surface area contributed by atoms with Gasteiger partial charge in [0.25, 0.3) is 5.91 Å². The predicted molar refractivity (Wildman–Crippen MR) is 117 cm³/mol. The average Bonchev–Trinajstić information content (AvgIpc) is 3.06. The smallest absolute Gasteiger partial charge is 0.295 e. The molecule has 1 heterocycles. The van der Waals surface area contributed by atoms with Crippen LogP contribution in [0.2, 0.25) is 0 Å². The lowest BCUT2D eigenvalue weighted by atomic mass is 9.95. The Morgan fingerprint density at radius 2 is 1.84 bits per heavy atom. The highest BCUT2D eigenvalue weighted by molar-refractivity contribution is 6.46. The summed E-state index contributed by atoms with van der Waals surface area (Å²) >= 11 is 0. The van der Waals surface area contributed by atoms with Crippen LogP contribution in [0.1, 0.15) is 37.4 Å². The summed E-state index contributed by atoms with van der Waals surface area (Å²) in [6.07, 6.45) is 0.640. The molecule has 7 heteroatoms. The lowest BCUT2D eigenvalue weighted by Gasteiger charge is -2.28. The maximum atomic E-state index is 14.8. The van der Waals surface area contributed by atoms with E-state index in [1.807, 2.05) is 0 Å². The predicted octanol–water partition coefficient (Wildman–Crippen LogP) is 1.37. The maximum Gasteiger partial charge on any atom is 0.295 e. The van der Waals surface area contributed by atoms with Crippen LogP contribution in [0.5, 0.6) is 5.75 Å². The maximum absolute atomic E-state index is 14.8. The van der Waals surface area contributed by atoms with Crippen molar-refractivity contribution in [2.45, 2.75) is 26.3 Å². The quantitative estimate of drug-likeness (QED) is 0.363. The molecule has 1 aliphatic heterocycles. The van der Waals surface area contributed by atoms with E-state index in [4.69, 9.17) is 4.74 Å². The number of nitrogens with zero attached hydrogens (tertiary/aromatic N) is 1. The molecule has 32 heavy (non-hydrogen) atoms. The molecular formula is C25H29FN2O4. The molecule has 2 aromatic carbocycles. The molecule has 0 aliphatic carbocycles. The highest BCUT2D eigenvalue weighted by Gasteiger charge is 2.44. The number of ether oxygens (including phenoxy) is 1. The van der Waals surface area contributed by atoms with E-state index in [2.05, 4.69) is 13.8 Å². The molecule has 1 saturated heterocycles.